The maximum atomic E-state index is 12.6. The van der Waals surface area contributed by atoms with Gasteiger partial charge in [-0.1, -0.05) is 27.7 Å². The van der Waals surface area contributed by atoms with E-state index in [2.05, 4.69) is 34.3 Å². The second kappa shape index (κ2) is 23.3. The summed E-state index contributed by atoms with van der Waals surface area (Å²) in [6.07, 6.45) is -0.197. The molecule has 22 heteroatoms. The van der Waals surface area contributed by atoms with Gasteiger partial charge in [0.2, 0.25) is 0 Å². The molecule has 0 bridgehead atoms. The van der Waals surface area contributed by atoms with Crippen LogP contribution in [-0.4, -0.2) is 160 Å². The van der Waals surface area contributed by atoms with Crippen LogP contribution in [0, 0.1) is 0 Å². The summed E-state index contributed by atoms with van der Waals surface area (Å²) in [4.78, 5) is 49.4. The van der Waals surface area contributed by atoms with Gasteiger partial charge in [-0.2, -0.15) is 0 Å². The Morgan fingerprint density at radius 3 is 1.28 bits per heavy atom. The van der Waals surface area contributed by atoms with Crippen LogP contribution in [0.4, 0.5) is 11.4 Å². The average molecular weight is 889 g/mol. The van der Waals surface area contributed by atoms with Crippen molar-refractivity contribution in [3.05, 3.63) is 35.4 Å². The van der Waals surface area contributed by atoms with Crippen LogP contribution in [0.3, 0.4) is 0 Å². The fourth-order valence-electron chi connectivity index (χ4n) is 6.66. The van der Waals surface area contributed by atoms with Gasteiger partial charge in [-0.05, 0) is 64.0 Å². The van der Waals surface area contributed by atoms with Crippen molar-refractivity contribution in [2.75, 3.05) is 76.5 Å². The first kappa shape index (κ1) is 51.4. The molecular formula is C38H60N6O14S2. The first-order valence-electron chi connectivity index (χ1n) is 19.4. The lowest BCUT2D eigenvalue weighted by molar-refractivity contribution is -0.165. The normalized spacial score (nSPS) is 17.9. The molecule has 20 nitrogen and oxygen atoms in total. The highest BCUT2D eigenvalue weighted by molar-refractivity contribution is 7.91. The molecule has 2 unspecified atom stereocenters. The predicted molar refractivity (Wildman–Crippen MR) is 223 cm³/mol. The van der Waals surface area contributed by atoms with Crippen molar-refractivity contribution in [1.82, 2.24) is 20.4 Å². The van der Waals surface area contributed by atoms with Gasteiger partial charge in [0.1, 0.15) is 11.5 Å². The number of nitrogen functional groups attached to an aromatic ring is 2. The predicted octanol–water partition coefficient (Wildman–Crippen LogP) is 0.448. The number of likely N-dealkylation sites (tertiary alicyclic amines) is 2. The summed E-state index contributed by atoms with van der Waals surface area (Å²) in [5, 5.41) is 38.3. The fourth-order valence-corrected chi connectivity index (χ4v) is 8.71. The molecule has 60 heavy (non-hydrogen) atoms. The van der Waals surface area contributed by atoms with E-state index in [4.69, 9.17) is 41.4 Å². The lowest BCUT2D eigenvalue weighted by Crippen LogP contribution is -2.40. The Morgan fingerprint density at radius 2 is 1.02 bits per heavy atom. The summed E-state index contributed by atoms with van der Waals surface area (Å²) in [5.74, 6) is -3.88. The summed E-state index contributed by atoms with van der Waals surface area (Å²) in [5.41, 5.74) is 12.2. The van der Waals surface area contributed by atoms with Crippen molar-refractivity contribution < 1.29 is 65.9 Å². The van der Waals surface area contributed by atoms with Crippen LogP contribution >= 0.6 is 0 Å². The second-order valence-corrected chi connectivity index (χ2v) is 18.3. The molecule has 0 spiro atoms. The molecule has 0 aliphatic carbocycles. The number of aliphatic hydroxyl groups is 2. The quantitative estimate of drug-likeness (QED) is 0.1000. The van der Waals surface area contributed by atoms with E-state index in [1.165, 1.54) is 52.3 Å². The largest absolute Gasteiger partial charge is 0.496 e. The number of nitrogens with one attached hydrogen (secondary N) is 2. The van der Waals surface area contributed by atoms with Gasteiger partial charge in [-0.3, -0.25) is 19.4 Å². The lowest BCUT2D eigenvalue weighted by Gasteiger charge is -2.23. The number of likely N-dealkylation sites (N-methyl/N-ethyl adjacent to an activating group) is 2. The maximum Gasteiger partial charge on any atom is 0.335 e. The number of hydrogen-bond donors (Lipinski definition) is 8. The van der Waals surface area contributed by atoms with Crippen molar-refractivity contribution in [1.29, 1.82) is 0 Å². The van der Waals surface area contributed by atoms with Crippen LogP contribution in [0.5, 0.6) is 11.5 Å². The highest BCUT2D eigenvalue weighted by Gasteiger charge is 2.30. The first-order valence-corrected chi connectivity index (χ1v) is 22.7. The molecule has 2 fully saturated rings. The molecule has 2 aliphatic rings. The van der Waals surface area contributed by atoms with Gasteiger partial charge < -0.3 is 52.0 Å². The van der Waals surface area contributed by atoms with E-state index < -0.39 is 43.8 Å². The van der Waals surface area contributed by atoms with Gasteiger partial charge in [0.05, 0.1) is 58.0 Å². The lowest BCUT2D eigenvalue weighted by atomic mass is 10.1. The number of rotatable bonds is 17. The number of aliphatic hydroxyl groups excluding tert-OH is 2. The number of anilines is 2. The van der Waals surface area contributed by atoms with Gasteiger partial charge in [-0.15, -0.1) is 0 Å². The molecule has 2 aromatic carbocycles. The van der Waals surface area contributed by atoms with Gasteiger partial charge in [0, 0.05) is 37.3 Å². The standard InChI is InChI=1S/2C17H27N3O4S.C4H6O6/c2*1-4-20-8-6-7-12(20)11-19-17(21)13-9-16(25(22,23)5-2)14(18)10-15(13)24-3;5-1(3(7)8)2(6)4(9)10/h2*9-10,12H,4-8,11,18H2,1-3H3,(H,19,21);1-2,5-6H,(H,7,8)(H,9,10)/t2*12-;/m11./s1. The number of aliphatic carboxylic acids is 2. The van der Waals surface area contributed by atoms with Crippen molar-refractivity contribution in [2.45, 2.75) is 87.5 Å². The van der Waals surface area contributed by atoms with E-state index in [1.54, 1.807) is 0 Å². The van der Waals surface area contributed by atoms with Crippen molar-refractivity contribution >= 4 is 54.8 Å². The number of amides is 2. The first-order chi connectivity index (χ1) is 28.1. The minimum atomic E-state index is -3.52. The van der Waals surface area contributed by atoms with Crippen molar-refractivity contribution in [3.8, 4) is 11.5 Å². The van der Waals surface area contributed by atoms with Crippen molar-refractivity contribution in [3.63, 3.8) is 0 Å². The zero-order valence-corrected chi connectivity index (χ0v) is 36.5. The highest BCUT2D eigenvalue weighted by Crippen LogP contribution is 2.31. The third-order valence-corrected chi connectivity index (χ3v) is 13.8. The van der Waals surface area contributed by atoms with Gasteiger partial charge >= 0.3 is 11.9 Å². The summed E-state index contributed by atoms with van der Waals surface area (Å²) in [6.45, 7) is 12.3. The molecule has 0 aromatic heterocycles. The molecule has 0 saturated carbocycles. The highest BCUT2D eigenvalue weighted by atomic mass is 32.2. The summed E-state index contributed by atoms with van der Waals surface area (Å²) in [6, 6.07) is 6.04. The Morgan fingerprint density at radius 1 is 0.683 bits per heavy atom. The molecule has 2 heterocycles. The number of nitrogens with two attached hydrogens (primary N) is 2. The van der Waals surface area contributed by atoms with E-state index in [-0.39, 0.29) is 67.1 Å². The fraction of sp³-hybridized carbons (Fsp3) is 0.579. The van der Waals surface area contributed by atoms with Crippen molar-refractivity contribution in [2.24, 2.45) is 0 Å². The van der Waals surface area contributed by atoms with E-state index in [0.29, 0.717) is 25.2 Å². The minimum Gasteiger partial charge on any atom is -0.496 e. The number of nitrogens with zero attached hydrogens (tertiary/aromatic N) is 2. The van der Waals surface area contributed by atoms with Crippen LogP contribution in [-0.2, 0) is 29.3 Å². The van der Waals surface area contributed by atoms with E-state index in [1.807, 2.05) is 0 Å². The Kier molecular flexibility index (Phi) is 20.0. The average Bonchev–Trinajstić information content (AvgIpc) is 3.90. The number of carbonyl (C=O) groups is 4. The number of sulfone groups is 2. The molecule has 10 N–H and O–H groups in total. The third kappa shape index (κ3) is 13.6. The maximum absolute atomic E-state index is 12.6. The molecule has 0 radical (unpaired) electrons. The zero-order valence-electron chi connectivity index (χ0n) is 34.8. The number of carboxylic acid groups (broad SMARTS) is 2. The topological polar surface area (TPSA) is 319 Å². The van der Waals surface area contributed by atoms with E-state index in [9.17, 15) is 36.0 Å². The summed E-state index contributed by atoms with van der Waals surface area (Å²) in [7, 11) is -4.19. The molecule has 2 aromatic rings. The third-order valence-electron chi connectivity index (χ3n) is 10.2. The van der Waals surface area contributed by atoms with Crippen LogP contribution in [0.1, 0.15) is 74.1 Å². The van der Waals surface area contributed by atoms with Crippen LogP contribution < -0.4 is 31.6 Å². The Bertz CT molecular complexity index is 1890. The Balaban J connectivity index is 0.000000339. The van der Waals surface area contributed by atoms with E-state index >= 15 is 0 Å². The van der Waals surface area contributed by atoms with Gasteiger partial charge in [-0.25, -0.2) is 26.4 Å². The molecule has 2 saturated heterocycles. The molecular weight excluding hydrogens is 829 g/mol. The number of benzene rings is 2. The molecule has 2 aliphatic heterocycles. The second-order valence-electron chi connectivity index (χ2n) is 13.8. The summed E-state index contributed by atoms with van der Waals surface area (Å²) >= 11 is 0. The Labute approximate surface area is 351 Å². The monoisotopic (exact) mass is 888 g/mol. The molecule has 2 amide bonds. The van der Waals surface area contributed by atoms with Crippen LogP contribution in [0.25, 0.3) is 0 Å². The molecule has 338 valence electrons. The van der Waals surface area contributed by atoms with Crippen LogP contribution in [0.15, 0.2) is 34.1 Å². The zero-order chi connectivity index (χ0) is 45.5. The molecule has 4 rings (SSSR count). The number of methoxy groups -OCH3 is 2. The number of carbonyl (C=O) groups excluding carboxylic acids is 2. The minimum absolute atomic E-state index is 0.0306. The number of carboxylic acids is 2. The molecule has 4 atom stereocenters. The van der Waals surface area contributed by atoms with Crippen LogP contribution in [0.2, 0.25) is 0 Å². The summed E-state index contributed by atoms with van der Waals surface area (Å²) < 4.78 is 59.2. The van der Waals surface area contributed by atoms with E-state index in [0.717, 1.165) is 51.9 Å². The Hall–Kier alpha value is -4.74. The smallest absolute Gasteiger partial charge is 0.335 e. The van der Waals surface area contributed by atoms with Gasteiger partial charge in [0.15, 0.2) is 31.9 Å². The number of hydrogen-bond acceptors (Lipinski definition) is 16. The number of ether oxygens (including phenoxy) is 2. The SMILES string of the molecule is CCN1CCC[C@@H]1CNC(=O)c1cc(S(=O)(=O)CC)c(N)cc1OC.CCN1CCC[C@@H]1CNC(=O)c1cc(S(=O)(=O)CC)c(N)cc1OC.O=C(O)C(O)C(O)C(=O)O. The van der Waals surface area contributed by atoms with Gasteiger partial charge in [0.25, 0.3) is 11.8 Å².